The Balaban J connectivity index is 2.12. The van der Waals surface area contributed by atoms with Crippen molar-refractivity contribution < 1.29 is 4.79 Å². The van der Waals surface area contributed by atoms with E-state index in [1.54, 1.807) is 12.4 Å². The minimum absolute atomic E-state index is 0.236. The first-order chi connectivity index (χ1) is 11.6. The zero-order valence-electron chi connectivity index (χ0n) is 15.0. The summed E-state index contributed by atoms with van der Waals surface area (Å²) in [5.41, 5.74) is 3.34. The van der Waals surface area contributed by atoms with E-state index in [0.717, 1.165) is 48.6 Å². The summed E-state index contributed by atoms with van der Waals surface area (Å²) in [4.78, 5) is 23.3. The van der Waals surface area contributed by atoms with Gasteiger partial charge < -0.3 is 10.2 Å². The van der Waals surface area contributed by atoms with E-state index < -0.39 is 0 Å². The number of carbonyl (C=O) groups is 1. The molecular weight excluding hydrogens is 300 g/mol. The van der Waals surface area contributed by atoms with Gasteiger partial charge >= 0.3 is 0 Å². The van der Waals surface area contributed by atoms with E-state index in [1.165, 1.54) is 0 Å². The van der Waals surface area contributed by atoms with E-state index in [4.69, 9.17) is 0 Å². The zero-order chi connectivity index (χ0) is 17.5. The van der Waals surface area contributed by atoms with E-state index in [-0.39, 0.29) is 5.91 Å². The Kier molecular flexibility index (Phi) is 6.29. The molecule has 0 aliphatic carbocycles. The number of rotatable bonds is 7. The third-order valence-electron chi connectivity index (χ3n) is 4.03. The number of anilines is 2. The summed E-state index contributed by atoms with van der Waals surface area (Å²) in [6.07, 6.45) is 5.34. The molecule has 0 radical (unpaired) electrons. The first-order valence-electron chi connectivity index (χ1n) is 8.51. The van der Waals surface area contributed by atoms with E-state index in [2.05, 4.69) is 34.0 Å². The van der Waals surface area contributed by atoms with Crippen molar-refractivity contribution in [3.63, 3.8) is 0 Å². The third kappa shape index (κ3) is 4.31. The van der Waals surface area contributed by atoms with E-state index in [0.29, 0.717) is 5.69 Å². The quantitative estimate of drug-likeness (QED) is 0.836. The summed E-state index contributed by atoms with van der Waals surface area (Å²) < 4.78 is 0. The number of benzene rings is 1. The summed E-state index contributed by atoms with van der Waals surface area (Å²) in [6.45, 7) is 10.2. The van der Waals surface area contributed by atoms with Crippen LogP contribution in [0.1, 0.15) is 48.3 Å². The molecule has 0 unspecified atom stereocenters. The number of aryl methyl sites for hydroxylation is 1. The van der Waals surface area contributed by atoms with Crippen LogP contribution >= 0.6 is 0 Å². The number of nitrogens with one attached hydrogen (secondary N) is 1. The molecule has 2 rings (SSSR count). The average Bonchev–Trinajstić information content (AvgIpc) is 2.59. The highest BCUT2D eigenvalue weighted by Crippen LogP contribution is 2.19. The highest BCUT2D eigenvalue weighted by atomic mass is 16.1. The Morgan fingerprint density at radius 2 is 1.79 bits per heavy atom. The van der Waals surface area contributed by atoms with Crippen molar-refractivity contribution in [1.29, 1.82) is 0 Å². The fraction of sp³-hybridized carbons (Fsp3) is 0.421. The molecular formula is C19H26N4O. The summed E-state index contributed by atoms with van der Waals surface area (Å²) in [6, 6.07) is 5.85. The van der Waals surface area contributed by atoms with Gasteiger partial charge in [-0.1, -0.05) is 26.0 Å². The van der Waals surface area contributed by atoms with Gasteiger partial charge in [-0.15, -0.1) is 0 Å². The first kappa shape index (κ1) is 17.9. The van der Waals surface area contributed by atoms with Crippen LogP contribution in [0.3, 0.4) is 0 Å². The van der Waals surface area contributed by atoms with Crippen LogP contribution in [0.4, 0.5) is 11.5 Å². The second-order valence-electron chi connectivity index (χ2n) is 5.95. The number of hydrogen-bond acceptors (Lipinski definition) is 4. The molecule has 0 spiro atoms. The van der Waals surface area contributed by atoms with Gasteiger partial charge in [-0.05, 0) is 43.9 Å². The van der Waals surface area contributed by atoms with E-state index in [1.807, 2.05) is 32.0 Å². The Bertz CT molecular complexity index is 676. The maximum atomic E-state index is 12.4. The maximum absolute atomic E-state index is 12.4. The van der Waals surface area contributed by atoms with Gasteiger partial charge in [0.25, 0.3) is 5.91 Å². The molecule has 0 saturated carbocycles. The lowest BCUT2D eigenvalue weighted by Crippen LogP contribution is -2.26. The average molecular weight is 326 g/mol. The van der Waals surface area contributed by atoms with Crippen LogP contribution in [0, 0.1) is 13.8 Å². The molecule has 0 atom stereocenters. The van der Waals surface area contributed by atoms with Crippen molar-refractivity contribution in [2.75, 3.05) is 23.3 Å². The van der Waals surface area contributed by atoms with Crippen molar-refractivity contribution in [2.24, 2.45) is 0 Å². The number of aromatic nitrogens is 2. The fourth-order valence-corrected chi connectivity index (χ4v) is 2.56. The molecule has 5 heteroatoms. The van der Waals surface area contributed by atoms with Crippen molar-refractivity contribution in [3.8, 4) is 0 Å². The van der Waals surface area contributed by atoms with Crippen molar-refractivity contribution in [3.05, 3.63) is 47.4 Å². The lowest BCUT2D eigenvalue weighted by Gasteiger charge is -2.22. The van der Waals surface area contributed by atoms with Gasteiger partial charge in [0.15, 0.2) is 0 Å². The Hall–Kier alpha value is -2.43. The Labute approximate surface area is 144 Å². The van der Waals surface area contributed by atoms with Gasteiger partial charge in [-0.3, -0.25) is 4.79 Å². The van der Waals surface area contributed by atoms with Crippen LogP contribution in [-0.2, 0) is 0 Å². The SMILES string of the molecule is CCCN(CCC)c1cnc(C(=O)Nc2cccc(C)c2C)cn1. The van der Waals surface area contributed by atoms with Crippen molar-refractivity contribution >= 4 is 17.4 Å². The van der Waals surface area contributed by atoms with Crippen LogP contribution in [-0.4, -0.2) is 29.0 Å². The lowest BCUT2D eigenvalue weighted by atomic mass is 10.1. The normalized spacial score (nSPS) is 10.5. The molecule has 5 nitrogen and oxygen atoms in total. The smallest absolute Gasteiger partial charge is 0.275 e. The van der Waals surface area contributed by atoms with Crippen molar-refractivity contribution in [2.45, 2.75) is 40.5 Å². The number of amides is 1. The molecule has 0 saturated heterocycles. The highest BCUT2D eigenvalue weighted by Gasteiger charge is 2.12. The summed E-state index contributed by atoms with van der Waals surface area (Å²) in [5.74, 6) is 0.585. The highest BCUT2D eigenvalue weighted by molar-refractivity contribution is 6.03. The summed E-state index contributed by atoms with van der Waals surface area (Å²) >= 11 is 0. The van der Waals surface area contributed by atoms with Crippen molar-refractivity contribution in [1.82, 2.24) is 9.97 Å². The van der Waals surface area contributed by atoms with E-state index >= 15 is 0 Å². The first-order valence-corrected chi connectivity index (χ1v) is 8.51. The minimum Gasteiger partial charge on any atom is -0.355 e. The number of carbonyl (C=O) groups excluding carboxylic acids is 1. The standard InChI is InChI=1S/C19H26N4O/c1-5-10-23(11-6-2)18-13-20-17(12-21-18)19(24)22-16-9-7-8-14(3)15(16)4/h7-9,12-13H,5-6,10-11H2,1-4H3,(H,22,24). The van der Waals surface area contributed by atoms with Gasteiger partial charge in [0.2, 0.25) is 0 Å². The molecule has 2 aromatic rings. The van der Waals surface area contributed by atoms with E-state index in [9.17, 15) is 4.79 Å². The molecule has 0 aliphatic heterocycles. The predicted octanol–water partition coefficient (Wildman–Crippen LogP) is 3.97. The fourth-order valence-electron chi connectivity index (χ4n) is 2.56. The molecule has 1 amide bonds. The second-order valence-corrected chi connectivity index (χ2v) is 5.95. The molecule has 1 heterocycles. The summed E-state index contributed by atoms with van der Waals surface area (Å²) in [5, 5.41) is 2.91. The molecule has 128 valence electrons. The molecule has 1 aromatic heterocycles. The van der Waals surface area contributed by atoms with Gasteiger partial charge in [-0.2, -0.15) is 0 Å². The predicted molar refractivity (Wildman–Crippen MR) is 98.7 cm³/mol. The Morgan fingerprint density at radius 1 is 1.08 bits per heavy atom. The minimum atomic E-state index is -0.236. The zero-order valence-corrected chi connectivity index (χ0v) is 15.0. The number of nitrogens with zero attached hydrogens (tertiary/aromatic N) is 3. The topological polar surface area (TPSA) is 58.1 Å². The second kappa shape index (κ2) is 8.43. The van der Waals surface area contributed by atoms with Crippen LogP contribution in [0.2, 0.25) is 0 Å². The molecule has 24 heavy (non-hydrogen) atoms. The van der Waals surface area contributed by atoms with Crippen LogP contribution in [0.5, 0.6) is 0 Å². The van der Waals surface area contributed by atoms with Gasteiger partial charge in [0, 0.05) is 18.8 Å². The lowest BCUT2D eigenvalue weighted by molar-refractivity contribution is 0.102. The molecule has 1 aromatic carbocycles. The van der Waals surface area contributed by atoms with Gasteiger partial charge in [0.1, 0.15) is 11.5 Å². The monoisotopic (exact) mass is 326 g/mol. The van der Waals surface area contributed by atoms with Gasteiger partial charge in [-0.25, -0.2) is 9.97 Å². The largest absolute Gasteiger partial charge is 0.355 e. The molecule has 1 N–H and O–H groups in total. The molecule has 0 bridgehead atoms. The third-order valence-corrected chi connectivity index (χ3v) is 4.03. The van der Waals surface area contributed by atoms with Crippen LogP contribution < -0.4 is 10.2 Å². The number of hydrogen-bond donors (Lipinski definition) is 1. The molecule has 0 aliphatic rings. The maximum Gasteiger partial charge on any atom is 0.275 e. The molecule has 0 fully saturated rings. The van der Waals surface area contributed by atoms with Gasteiger partial charge in [0.05, 0.1) is 12.4 Å². The van der Waals surface area contributed by atoms with Crippen LogP contribution in [0.25, 0.3) is 0 Å². The summed E-state index contributed by atoms with van der Waals surface area (Å²) in [7, 11) is 0. The Morgan fingerprint density at radius 3 is 2.38 bits per heavy atom. The van der Waals surface area contributed by atoms with Crippen LogP contribution in [0.15, 0.2) is 30.6 Å².